The molecular formula is C44H38BCl2F4IrP2-. The van der Waals surface area contributed by atoms with Gasteiger partial charge in [0.2, 0.25) is 0 Å². The molecule has 0 aliphatic rings. The third-order valence-corrected chi connectivity index (χ3v) is 13.1. The van der Waals surface area contributed by atoms with Crippen LogP contribution in [0.25, 0.3) is 0 Å². The third-order valence-electron chi connectivity index (χ3n) is 7.50. The summed E-state index contributed by atoms with van der Waals surface area (Å²) in [6.07, 6.45) is 0.887. The van der Waals surface area contributed by atoms with Crippen LogP contribution in [0.2, 0.25) is 10.0 Å². The van der Waals surface area contributed by atoms with Crippen LogP contribution in [0.4, 0.5) is 17.3 Å². The number of rotatable bonds is 7. The van der Waals surface area contributed by atoms with E-state index in [4.69, 9.17) is 23.2 Å². The van der Waals surface area contributed by atoms with Crippen LogP contribution < -0.4 is 31.8 Å². The summed E-state index contributed by atoms with van der Waals surface area (Å²) in [5.74, 6) is 0. The Morgan fingerprint density at radius 1 is 0.370 bits per heavy atom. The average Bonchev–Trinajstić information content (AvgIpc) is 3.18. The predicted molar refractivity (Wildman–Crippen MR) is 226 cm³/mol. The van der Waals surface area contributed by atoms with Gasteiger partial charge in [-0.05, 0) is 71.8 Å². The van der Waals surface area contributed by atoms with E-state index in [9.17, 15) is 17.3 Å². The van der Waals surface area contributed by atoms with Crippen LogP contribution in [0.15, 0.2) is 200 Å². The van der Waals surface area contributed by atoms with Crippen molar-refractivity contribution in [2.24, 2.45) is 0 Å². The molecule has 0 saturated heterocycles. The Hall–Kier alpha value is -3.59. The molecule has 7 rings (SSSR count). The summed E-state index contributed by atoms with van der Waals surface area (Å²) >= 11 is 11.7. The van der Waals surface area contributed by atoms with E-state index in [1.807, 2.05) is 25.1 Å². The van der Waals surface area contributed by atoms with E-state index in [2.05, 4.69) is 182 Å². The maximum Gasteiger partial charge on any atom is 0.673 e. The molecule has 279 valence electrons. The van der Waals surface area contributed by atoms with Gasteiger partial charge < -0.3 is 17.3 Å². The second-order valence-electron chi connectivity index (χ2n) is 11.2. The molecule has 0 atom stereocenters. The molecule has 0 N–H and O–H groups in total. The molecule has 0 bridgehead atoms. The smallest absolute Gasteiger partial charge is 0.418 e. The van der Waals surface area contributed by atoms with Crippen molar-refractivity contribution in [3.05, 3.63) is 216 Å². The van der Waals surface area contributed by atoms with E-state index >= 15 is 0 Å². The van der Waals surface area contributed by atoms with Gasteiger partial charge in [0.15, 0.2) is 0 Å². The predicted octanol–water partition coefficient (Wildman–Crippen LogP) is 11.7. The summed E-state index contributed by atoms with van der Waals surface area (Å²) < 4.78 is 39.0. The van der Waals surface area contributed by atoms with Crippen LogP contribution in [0.1, 0.15) is 12.5 Å². The van der Waals surface area contributed by atoms with Crippen LogP contribution in [0.3, 0.4) is 0 Å². The van der Waals surface area contributed by atoms with E-state index in [1.54, 1.807) is 0 Å². The van der Waals surface area contributed by atoms with Crippen molar-refractivity contribution in [2.45, 2.75) is 13.3 Å². The molecule has 7 aromatic carbocycles. The molecular weight excluding hydrogens is 940 g/mol. The minimum atomic E-state index is -6.00. The Kier molecular flexibility index (Phi) is 19.9. The molecule has 0 saturated carbocycles. The number of hydrogen-bond donors (Lipinski definition) is 0. The first kappa shape index (κ1) is 44.8. The maximum atomic E-state index is 9.75. The molecule has 0 amide bonds. The van der Waals surface area contributed by atoms with E-state index < -0.39 is 23.1 Å². The molecule has 0 aliphatic carbocycles. The van der Waals surface area contributed by atoms with Gasteiger partial charge in [-0.15, -0.1) is 0 Å². The monoisotopic (exact) mass is 978 g/mol. The minimum absolute atomic E-state index is 0. The summed E-state index contributed by atoms with van der Waals surface area (Å²) in [6.45, 7) is 2.03. The Morgan fingerprint density at radius 2 is 0.556 bits per heavy atom. The van der Waals surface area contributed by atoms with Gasteiger partial charge in [0.25, 0.3) is 0 Å². The second kappa shape index (κ2) is 24.0. The van der Waals surface area contributed by atoms with Gasteiger partial charge >= 0.3 is 7.25 Å². The van der Waals surface area contributed by atoms with Crippen molar-refractivity contribution in [1.29, 1.82) is 0 Å². The largest absolute Gasteiger partial charge is 0.673 e. The second-order valence-corrected chi connectivity index (χ2v) is 16.5. The molecule has 0 nitrogen and oxygen atoms in total. The summed E-state index contributed by atoms with van der Waals surface area (Å²) in [5.41, 5.74) is 1.03. The Labute approximate surface area is 342 Å². The molecule has 0 fully saturated rings. The van der Waals surface area contributed by atoms with E-state index in [0.29, 0.717) is 0 Å². The van der Waals surface area contributed by atoms with Crippen molar-refractivity contribution in [2.75, 3.05) is 0 Å². The Balaban J connectivity index is 0.000000211. The van der Waals surface area contributed by atoms with E-state index in [-0.39, 0.29) is 20.1 Å². The van der Waals surface area contributed by atoms with Gasteiger partial charge in [-0.1, -0.05) is 218 Å². The summed E-state index contributed by atoms with van der Waals surface area (Å²) in [4.78, 5) is 0. The molecule has 0 heterocycles. The summed E-state index contributed by atoms with van der Waals surface area (Å²) in [6, 6.07) is 70.2. The quantitative estimate of drug-likeness (QED) is 0.0848. The third kappa shape index (κ3) is 15.3. The normalized spacial score (nSPS) is 10.4. The number of halogens is 6. The first-order valence-corrected chi connectivity index (χ1v) is 20.3. The van der Waals surface area contributed by atoms with Crippen molar-refractivity contribution in [3.8, 4) is 0 Å². The fourth-order valence-corrected chi connectivity index (χ4v) is 10.5. The molecule has 10 heteroatoms. The minimum Gasteiger partial charge on any atom is -0.418 e. The molecule has 54 heavy (non-hydrogen) atoms. The molecule has 0 spiro atoms. The van der Waals surface area contributed by atoms with Crippen LogP contribution >= 0.6 is 39.0 Å². The molecule has 0 aromatic heterocycles. The Bertz CT molecular complexity index is 1700. The van der Waals surface area contributed by atoms with E-state index in [0.717, 1.165) is 22.0 Å². The van der Waals surface area contributed by atoms with Gasteiger partial charge in [-0.3, -0.25) is 0 Å². The maximum absolute atomic E-state index is 9.75. The SMILES string of the molecule is CCc1c(Cl)cccc1Cl.F[B-](F)(F)F.[Ir].c1ccc(P(c2ccccc2)c2ccccc2)cc1.c1ccc(P(c2ccccc2)c2ccccc2)cc1. The summed E-state index contributed by atoms with van der Waals surface area (Å²) in [5, 5.41) is 9.91. The molecule has 7 aromatic rings. The van der Waals surface area contributed by atoms with Crippen LogP contribution in [0.5, 0.6) is 0 Å². The topological polar surface area (TPSA) is 0 Å². The number of hydrogen-bond acceptors (Lipinski definition) is 0. The van der Waals surface area contributed by atoms with Crippen molar-refractivity contribution in [3.63, 3.8) is 0 Å². The fraction of sp³-hybridized carbons (Fsp3) is 0.0455. The zero-order valence-electron chi connectivity index (χ0n) is 29.3. The van der Waals surface area contributed by atoms with Crippen LogP contribution in [0, 0.1) is 0 Å². The molecule has 0 unspecified atom stereocenters. The van der Waals surface area contributed by atoms with Gasteiger partial charge in [-0.25, -0.2) is 0 Å². The van der Waals surface area contributed by atoms with Crippen molar-refractivity contribution < 1.29 is 37.4 Å². The Morgan fingerprint density at radius 3 is 0.704 bits per heavy atom. The standard InChI is InChI=1S/2C18H15P.C8H8Cl2.BF4.Ir/c2*1-4-10-16(11-5-1)19(17-12-6-2-7-13-17)18-14-8-3-9-15-18;1-2-6-7(9)4-3-5-8(6)10;2-1(3,4)5;/h2*1-15H;3-5H,2H2,1H3;;/q;;;-1;. The van der Waals surface area contributed by atoms with Gasteiger partial charge in [0, 0.05) is 30.2 Å². The first-order chi connectivity index (χ1) is 25.7. The van der Waals surface area contributed by atoms with Gasteiger partial charge in [-0.2, -0.15) is 0 Å². The zero-order chi connectivity index (χ0) is 37.9. The van der Waals surface area contributed by atoms with E-state index in [1.165, 1.54) is 31.8 Å². The van der Waals surface area contributed by atoms with Crippen molar-refractivity contribution >= 4 is 78.1 Å². The first-order valence-electron chi connectivity index (χ1n) is 16.9. The molecule has 1 radical (unpaired) electrons. The van der Waals surface area contributed by atoms with Crippen LogP contribution in [-0.4, -0.2) is 7.25 Å². The van der Waals surface area contributed by atoms with Crippen molar-refractivity contribution in [1.82, 2.24) is 0 Å². The van der Waals surface area contributed by atoms with Gasteiger partial charge in [0.1, 0.15) is 0 Å². The van der Waals surface area contributed by atoms with Gasteiger partial charge in [0.05, 0.1) is 0 Å². The fourth-order valence-electron chi connectivity index (χ4n) is 5.23. The zero-order valence-corrected chi connectivity index (χ0v) is 35.0. The van der Waals surface area contributed by atoms with Crippen LogP contribution in [-0.2, 0) is 26.5 Å². The molecule has 0 aliphatic heterocycles. The summed E-state index contributed by atoms with van der Waals surface area (Å²) in [7, 11) is -6.89. The number of benzene rings is 7. The average molecular weight is 979 g/mol.